The van der Waals surface area contributed by atoms with Crippen LogP contribution in [0.2, 0.25) is 0 Å². The summed E-state index contributed by atoms with van der Waals surface area (Å²) in [6.07, 6.45) is 3.16. The van der Waals surface area contributed by atoms with Crippen molar-refractivity contribution in [3.05, 3.63) is 64.4 Å². The third kappa shape index (κ3) is 9.25. The zero-order valence-electron chi connectivity index (χ0n) is 20.3. The molecule has 0 fully saturated rings. The second kappa shape index (κ2) is 13.6. The Bertz CT molecular complexity index is 1080. The monoisotopic (exact) mass is 569 g/mol. The van der Waals surface area contributed by atoms with Gasteiger partial charge in [-0.2, -0.15) is 0 Å². The quantitative estimate of drug-likeness (QED) is 0.360. The molecule has 0 spiro atoms. The second-order valence-electron chi connectivity index (χ2n) is 8.38. The number of halogens is 2. The molecule has 7 nitrogen and oxygen atoms in total. The van der Waals surface area contributed by atoms with Gasteiger partial charge < -0.3 is 10.2 Å². The summed E-state index contributed by atoms with van der Waals surface area (Å²) < 4.78 is 39.9. The van der Waals surface area contributed by atoms with Crippen molar-refractivity contribution in [3.8, 4) is 0 Å². The molecule has 0 heterocycles. The number of nitrogens with one attached hydrogen (secondary N) is 1. The van der Waals surface area contributed by atoms with E-state index in [1.54, 1.807) is 6.92 Å². The molecule has 0 radical (unpaired) electrons. The second-order valence-corrected chi connectivity index (χ2v) is 11.2. The number of nitrogens with zero attached hydrogens (tertiary/aromatic N) is 2. The first-order valence-electron chi connectivity index (χ1n) is 11.6. The van der Waals surface area contributed by atoms with E-state index in [-0.39, 0.29) is 37.7 Å². The smallest absolute Gasteiger partial charge is 0.242 e. The first kappa shape index (κ1) is 28.8. The molecule has 1 atom stereocenters. The van der Waals surface area contributed by atoms with Crippen LogP contribution >= 0.6 is 15.9 Å². The van der Waals surface area contributed by atoms with E-state index < -0.39 is 21.9 Å². The fraction of sp³-hybridized carbons (Fsp3) is 0.440. The van der Waals surface area contributed by atoms with Crippen molar-refractivity contribution in [1.82, 2.24) is 10.2 Å². The van der Waals surface area contributed by atoms with Crippen molar-refractivity contribution in [2.24, 2.45) is 0 Å². The highest BCUT2D eigenvalue weighted by Gasteiger charge is 2.26. The number of unbranched alkanes of at least 4 members (excludes halogenated alkanes) is 1. The van der Waals surface area contributed by atoms with Gasteiger partial charge in [0.15, 0.2) is 0 Å². The predicted octanol–water partition coefficient (Wildman–Crippen LogP) is 4.47. The molecule has 192 valence electrons. The van der Waals surface area contributed by atoms with Gasteiger partial charge in [-0.1, -0.05) is 41.4 Å². The summed E-state index contributed by atoms with van der Waals surface area (Å²) in [5.74, 6) is -0.946. The van der Waals surface area contributed by atoms with Crippen molar-refractivity contribution < 1.29 is 22.4 Å². The molecular formula is C25H33BrFN3O4S. The van der Waals surface area contributed by atoms with Crippen LogP contribution in [-0.2, 0) is 26.2 Å². The topological polar surface area (TPSA) is 86.8 Å². The SMILES string of the molecule is CCCCNC(=O)[C@@H](C)N(Cc1ccc(Br)cc1)C(=O)CCCN(c1ccc(F)cc1)S(C)(=O)=O. The van der Waals surface area contributed by atoms with Crippen molar-refractivity contribution in [3.63, 3.8) is 0 Å². The van der Waals surface area contributed by atoms with E-state index >= 15 is 0 Å². The summed E-state index contributed by atoms with van der Waals surface area (Å²) in [5.41, 5.74) is 1.20. The molecule has 0 aliphatic rings. The van der Waals surface area contributed by atoms with Gasteiger partial charge in [0.2, 0.25) is 21.8 Å². The first-order valence-corrected chi connectivity index (χ1v) is 14.2. The summed E-state index contributed by atoms with van der Waals surface area (Å²) in [6.45, 7) is 4.58. The molecule has 0 saturated heterocycles. The number of sulfonamides is 1. The standard InChI is InChI=1S/C25H33BrFN3O4S/c1-4-5-16-28-25(32)19(2)29(18-20-8-10-21(26)11-9-20)24(31)7-6-17-30(35(3,33)34)23-14-12-22(27)13-15-23/h8-15,19H,4-7,16-18H2,1-3H3,(H,28,32)/t19-/m1/s1. The van der Waals surface area contributed by atoms with Crippen LogP contribution in [-0.4, -0.2) is 50.5 Å². The van der Waals surface area contributed by atoms with Gasteiger partial charge in [-0.05, 0) is 61.7 Å². The number of anilines is 1. The predicted molar refractivity (Wildman–Crippen MR) is 140 cm³/mol. The average Bonchev–Trinajstić information content (AvgIpc) is 2.81. The van der Waals surface area contributed by atoms with E-state index in [0.717, 1.165) is 33.4 Å². The van der Waals surface area contributed by atoms with E-state index in [9.17, 15) is 22.4 Å². The van der Waals surface area contributed by atoms with E-state index in [0.29, 0.717) is 12.2 Å². The molecule has 2 rings (SSSR count). The Morgan fingerprint density at radius 1 is 1.06 bits per heavy atom. The van der Waals surface area contributed by atoms with Gasteiger partial charge in [0.25, 0.3) is 0 Å². The minimum atomic E-state index is -3.63. The largest absolute Gasteiger partial charge is 0.354 e. The Hall–Kier alpha value is -2.46. The minimum absolute atomic E-state index is 0.0519. The summed E-state index contributed by atoms with van der Waals surface area (Å²) >= 11 is 3.40. The molecule has 0 aliphatic carbocycles. The Labute approximate surface area is 215 Å². The van der Waals surface area contributed by atoms with E-state index in [1.165, 1.54) is 29.2 Å². The van der Waals surface area contributed by atoms with Crippen molar-refractivity contribution >= 4 is 43.5 Å². The maximum atomic E-state index is 13.3. The number of carbonyl (C=O) groups excluding carboxylic acids is 2. The number of hydrogen-bond acceptors (Lipinski definition) is 4. The molecule has 0 saturated carbocycles. The highest BCUT2D eigenvalue weighted by atomic mass is 79.9. The molecule has 10 heteroatoms. The van der Waals surface area contributed by atoms with Crippen LogP contribution in [0.15, 0.2) is 53.0 Å². The van der Waals surface area contributed by atoms with Gasteiger partial charge in [0, 0.05) is 30.5 Å². The highest BCUT2D eigenvalue weighted by Crippen LogP contribution is 2.20. The van der Waals surface area contributed by atoms with Gasteiger partial charge in [0.05, 0.1) is 11.9 Å². The van der Waals surface area contributed by atoms with E-state index in [4.69, 9.17) is 0 Å². The zero-order valence-corrected chi connectivity index (χ0v) is 22.7. The lowest BCUT2D eigenvalue weighted by Crippen LogP contribution is -2.47. The number of carbonyl (C=O) groups is 2. The van der Waals surface area contributed by atoms with Gasteiger partial charge >= 0.3 is 0 Å². The van der Waals surface area contributed by atoms with Gasteiger partial charge in [-0.15, -0.1) is 0 Å². The van der Waals surface area contributed by atoms with Crippen LogP contribution in [0.1, 0.15) is 45.1 Å². The van der Waals surface area contributed by atoms with E-state index in [1.807, 2.05) is 31.2 Å². The Morgan fingerprint density at radius 2 is 1.69 bits per heavy atom. The zero-order chi connectivity index (χ0) is 26.0. The Kier molecular flexibility index (Phi) is 11.2. The Morgan fingerprint density at radius 3 is 2.26 bits per heavy atom. The maximum absolute atomic E-state index is 13.3. The lowest BCUT2D eigenvalue weighted by molar-refractivity contribution is -0.140. The third-order valence-electron chi connectivity index (χ3n) is 5.53. The lowest BCUT2D eigenvalue weighted by Gasteiger charge is -2.29. The van der Waals surface area contributed by atoms with Gasteiger partial charge in [-0.3, -0.25) is 13.9 Å². The summed E-state index contributed by atoms with van der Waals surface area (Å²) in [6, 6.07) is 12.0. The number of benzene rings is 2. The molecule has 2 aromatic rings. The van der Waals surface area contributed by atoms with Crippen LogP contribution in [0.25, 0.3) is 0 Å². The van der Waals surface area contributed by atoms with Crippen LogP contribution in [0.4, 0.5) is 10.1 Å². The molecular weight excluding hydrogens is 537 g/mol. The number of rotatable bonds is 13. The van der Waals surface area contributed by atoms with Crippen molar-refractivity contribution in [2.45, 2.75) is 52.1 Å². The third-order valence-corrected chi connectivity index (χ3v) is 7.25. The van der Waals surface area contributed by atoms with Crippen molar-refractivity contribution in [2.75, 3.05) is 23.7 Å². The van der Waals surface area contributed by atoms with Gasteiger partial charge in [0.1, 0.15) is 11.9 Å². The molecule has 35 heavy (non-hydrogen) atoms. The molecule has 2 amide bonds. The highest BCUT2D eigenvalue weighted by molar-refractivity contribution is 9.10. The number of amides is 2. The fourth-order valence-electron chi connectivity index (χ4n) is 3.52. The number of hydrogen-bond donors (Lipinski definition) is 1. The molecule has 0 aromatic heterocycles. The molecule has 0 unspecified atom stereocenters. The summed E-state index contributed by atoms with van der Waals surface area (Å²) in [4.78, 5) is 27.4. The minimum Gasteiger partial charge on any atom is -0.354 e. The van der Waals surface area contributed by atoms with Crippen LogP contribution in [0, 0.1) is 5.82 Å². The van der Waals surface area contributed by atoms with Crippen LogP contribution in [0.5, 0.6) is 0 Å². The lowest BCUT2D eigenvalue weighted by atomic mass is 10.1. The molecule has 0 bridgehead atoms. The van der Waals surface area contributed by atoms with Crippen LogP contribution < -0.4 is 9.62 Å². The average molecular weight is 571 g/mol. The Balaban J connectivity index is 2.12. The first-order chi connectivity index (χ1) is 16.5. The molecule has 2 aromatic carbocycles. The van der Waals surface area contributed by atoms with Crippen LogP contribution in [0.3, 0.4) is 0 Å². The van der Waals surface area contributed by atoms with E-state index in [2.05, 4.69) is 21.2 Å². The van der Waals surface area contributed by atoms with Gasteiger partial charge in [-0.25, -0.2) is 12.8 Å². The fourth-order valence-corrected chi connectivity index (χ4v) is 4.75. The summed E-state index contributed by atoms with van der Waals surface area (Å²) in [7, 11) is -3.63. The maximum Gasteiger partial charge on any atom is 0.242 e. The normalized spacial score (nSPS) is 12.1. The van der Waals surface area contributed by atoms with Crippen molar-refractivity contribution in [1.29, 1.82) is 0 Å². The molecule has 1 N–H and O–H groups in total. The molecule has 0 aliphatic heterocycles. The summed E-state index contributed by atoms with van der Waals surface area (Å²) in [5, 5.41) is 2.88.